The number of carbonyl (C=O) groups excluding carboxylic acids is 1. The van der Waals surface area contributed by atoms with Crippen LogP contribution < -0.4 is 5.32 Å². The Kier molecular flexibility index (Phi) is 4.09. The summed E-state index contributed by atoms with van der Waals surface area (Å²) in [6.07, 6.45) is 0. The molecule has 0 fully saturated rings. The fourth-order valence-electron chi connectivity index (χ4n) is 0.904. The molecule has 0 saturated carbocycles. The van der Waals surface area contributed by atoms with Gasteiger partial charge in [-0.1, -0.05) is 23.2 Å². The Hall–Kier alpha value is -1.33. The van der Waals surface area contributed by atoms with Crippen molar-refractivity contribution in [3.8, 4) is 0 Å². The number of carbonyl (C=O) groups is 2. The minimum Gasteiger partial charge on any atom is -0.480 e. The molecule has 0 aromatic carbocycles. The smallest absolute Gasteiger partial charge is 0.325 e. The molecule has 0 saturated heterocycles. The predicted molar refractivity (Wildman–Crippen MR) is 58.8 cm³/mol. The summed E-state index contributed by atoms with van der Waals surface area (Å²) < 4.78 is 0. The molecule has 5 nitrogen and oxygen atoms in total. The number of hydrogen-bond acceptors (Lipinski definition) is 3. The highest BCUT2D eigenvalue weighted by Crippen LogP contribution is 2.16. The molecular formula is C9H8Cl2N2O3. The van der Waals surface area contributed by atoms with E-state index in [-0.39, 0.29) is 15.9 Å². The van der Waals surface area contributed by atoms with Crippen LogP contribution in [0.2, 0.25) is 10.2 Å². The maximum absolute atomic E-state index is 11.6. The molecule has 0 aliphatic carbocycles. The summed E-state index contributed by atoms with van der Waals surface area (Å²) in [7, 11) is 0. The van der Waals surface area contributed by atoms with Gasteiger partial charge < -0.3 is 10.4 Å². The minimum atomic E-state index is -1.15. The van der Waals surface area contributed by atoms with Gasteiger partial charge in [-0.3, -0.25) is 9.59 Å². The first-order valence-electron chi connectivity index (χ1n) is 4.27. The minimum absolute atomic E-state index is 0.0951. The topological polar surface area (TPSA) is 79.3 Å². The number of hydrogen-bond donors (Lipinski definition) is 2. The molecular weight excluding hydrogens is 255 g/mol. The molecule has 1 atom stereocenters. The lowest BCUT2D eigenvalue weighted by Gasteiger charge is -2.09. The molecule has 2 N–H and O–H groups in total. The summed E-state index contributed by atoms with van der Waals surface area (Å²) in [5, 5.41) is 11.0. The van der Waals surface area contributed by atoms with E-state index in [0.29, 0.717) is 0 Å². The lowest BCUT2D eigenvalue weighted by Crippen LogP contribution is -2.38. The summed E-state index contributed by atoms with van der Waals surface area (Å²) in [6, 6.07) is 1.82. The highest BCUT2D eigenvalue weighted by Gasteiger charge is 2.18. The van der Waals surface area contributed by atoms with Crippen LogP contribution in [0.3, 0.4) is 0 Å². The number of carboxylic acids is 1. The summed E-state index contributed by atoms with van der Waals surface area (Å²) >= 11 is 11.3. The molecule has 1 aromatic heterocycles. The zero-order valence-electron chi connectivity index (χ0n) is 8.20. The standard InChI is InChI=1S/C9H8Cl2N2O3/c1-4(9(15)16)12-8(14)7-5(10)2-3-6(11)13-7/h2-4H,1H3,(H,12,14)(H,15,16)/t4-/m1/s1. The van der Waals surface area contributed by atoms with Gasteiger partial charge in [-0.25, -0.2) is 4.98 Å². The molecule has 1 rings (SSSR count). The van der Waals surface area contributed by atoms with Crippen molar-refractivity contribution in [1.82, 2.24) is 10.3 Å². The lowest BCUT2D eigenvalue weighted by molar-refractivity contribution is -0.138. The predicted octanol–water partition coefficient (Wildman–Crippen LogP) is 1.59. The quantitative estimate of drug-likeness (QED) is 0.811. The van der Waals surface area contributed by atoms with Gasteiger partial charge in [-0.15, -0.1) is 0 Å². The van der Waals surface area contributed by atoms with E-state index in [1.54, 1.807) is 0 Å². The van der Waals surface area contributed by atoms with Crippen LogP contribution in [0.1, 0.15) is 17.4 Å². The number of aliphatic carboxylic acids is 1. The number of rotatable bonds is 3. The third kappa shape index (κ3) is 3.08. The molecule has 0 aliphatic rings. The van der Waals surface area contributed by atoms with Crippen molar-refractivity contribution in [2.75, 3.05) is 0 Å². The van der Waals surface area contributed by atoms with E-state index in [0.717, 1.165) is 0 Å². The zero-order chi connectivity index (χ0) is 12.3. The third-order valence-corrected chi connectivity index (χ3v) is 2.26. The van der Waals surface area contributed by atoms with Crippen LogP contribution in [-0.4, -0.2) is 28.0 Å². The highest BCUT2D eigenvalue weighted by atomic mass is 35.5. The fraction of sp³-hybridized carbons (Fsp3) is 0.222. The summed E-state index contributed by atoms with van der Waals surface area (Å²) in [5.74, 6) is -1.83. The van der Waals surface area contributed by atoms with Crippen molar-refractivity contribution < 1.29 is 14.7 Å². The SMILES string of the molecule is C[C@@H](NC(=O)c1nc(Cl)ccc1Cl)C(=O)O. The van der Waals surface area contributed by atoms with Crippen molar-refractivity contribution in [1.29, 1.82) is 0 Å². The van der Waals surface area contributed by atoms with Gasteiger partial charge in [0.2, 0.25) is 0 Å². The van der Waals surface area contributed by atoms with Gasteiger partial charge in [0.05, 0.1) is 5.02 Å². The Morgan fingerprint density at radius 3 is 2.62 bits per heavy atom. The molecule has 0 radical (unpaired) electrons. The van der Waals surface area contributed by atoms with Crippen LogP contribution >= 0.6 is 23.2 Å². The van der Waals surface area contributed by atoms with Crippen LogP contribution in [-0.2, 0) is 4.79 Å². The lowest BCUT2D eigenvalue weighted by atomic mass is 10.3. The second-order valence-corrected chi connectivity index (χ2v) is 3.79. The van der Waals surface area contributed by atoms with E-state index >= 15 is 0 Å². The van der Waals surface area contributed by atoms with Gasteiger partial charge in [-0.05, 0) is 19.1 Å². The van der Waals surface area contributed by atoms with E-state index in [4.69, 9.17) is 28.3 Å². The van der Waals surface area contributed by atoms with Crippen molar-refractivity contribution in [3.05, 3.63) is 28.0 Å². The van der Waals surface area contributed by atoms with E-state index in [9.17, 15) is 9.59 Å². The van der Waals surface area contributed by atoms with E-state index in [1.165, 1.54) is 19.1 Å². The Morgan fingerprint density at radius 2 is 2.06 bits per heavy atom. The number of pyridine rings is 1. The molecule has 0 bridgehead atoms. The second-order valence-electron chi connectivity index (χ2n) is 3.00. The van der Waals surface area contributed by atoms with Gasteiger partial charge in [-0.2, -0.15) is 0 Å². The Bertz CT molecular complexity index is 437. The molecule has 1 aromatic rings. The molecule has 0 unspecified atom stereocenters. The number of amides is 1. The maximum atomic E-state index is 11.6. The molecule has 0 aliphatic heterocycles. The third-order valence-electron chi connectivity index (χ3n) is 1.75. The highest BCUT2D eigenvalue weighted by molar-refractivity contribution is 6.34. The van der Waals surface area contributed by atoms with Crippen LogP contribution in [0, 0.1) is 0 Å². The molecule has 16 heavy (non-hydrogen) atoms. The summed E-state index contributed by atoms with van der Waals surface area (Å²) in [5.41, 5.74) is -0.0951. The molecule has 7 heteroatoms. The van der Waals surface area contributed by atoms with E-state index in [1.807, 2.05) is 0 Å². The first-order valence-corrected chi connectivity index (χ1v) is 5.03. The van der Waals surface area contributed by atoms with Crippen molar-refractivity contribution in [2.45, 2.75) is 13.0 Å². The van der Waals surface area contributed by atoms with Crippen LogP contribution in [0.4, 0.5) is 0 Å². The monoisotopic (exact) mass is 262 g/mol. The van der Waals surface area contributed by atoms with E-state index in [2.05, 4.69) is 10.3 Å². The summed E-state index contributed by atoms with van der Waals surface area (Å²) in [6.45, 7) is 1.33. The largest absolute Gasteiger partial charge is 0.480 e. The number of aromatic nitrogens is 1. The van der Waals surface area contributed by atoms with Crippen molar-refractivity contribution >= 4 is 35.1 Å². The number of nitrogens with one attached hydrogen (secondary N) is 1. The van der Waals surface area contributed by atoms with Gasteiger partial charge in [0.25, 0.3) is 5.91 Å². The van der Waals surface area contributed by atoms with Crippen LogP contribution in [0.5, 0.6) is 0 Å². The average Bonchev–Trinajstić information content (AvgIpc) is 2.21. The van der Waals surface area contributed by atoms with Crippen LogP contribution in [0.25, 0.3) is 0 Å². The van der Waals surface area contributed by atoms with Gasteiger partial charge >= 0.3 is 5.97 Å². The number of carboxylic acid groups (broad SMARTS) is 1. The van der Waals surface area contributed by atoms with Crippen molar-refractivity contribution in [2.24, 2.45) is 0 Å². The molecule has 0 spiro atoms. The molecule has 86 valence electrons. The Balaban J connectivity index is 2.88. The Labute approximate surface area is 101 Å². The number of halogens is 2. The zero-order valence-corrected chi connectivity index (χ0v) is 9.71. The van der Waals surface area contributed by atoms with Gasteiger partial charge in [0.15, 0.2) is 0 Å². The van der Waals surface area contributed by atoms with Crippen LogP contribution in [0.15, 0.2) is 12.1 Å². The molecule has 1 amide bonds. The molecule has 1 heterocycles. The number of nitrogens with zero attached hydrogens (tertiary/aromatic N) is 1. The normalized spacial score (nSPS) is 11.9. The fourth-order valence-corrected chi connectivity index (χ4v) is 1.24. The maximum Gasteiger partial charge on any atom is 0.325 e. The van der Waals surface area contributed by atoms with Crippen molar-refractivity contribution in [3.63, 3.8) is 0 Å². The first kappa shape index (κ1) is 12.7. The second kappa shape index (κ2) is 5.14. The average molecular weight is 263 g/mol. The van der Waals surface area contributed by atoms with Gasteiger partial charge in [0.1, 0.15) is 16.9 Å². The first-order chi connectivity index (χ1) is 7.41. The van der Waals surface area contributed by atoms with E-state index < -0.39 is 17.9 Å². The Morgan fingerprint density at radius 1 is 1.44 bits per heavy atom. The summed E-state index contributed by atoms with van der Waals surface area (Å²) in [4.78, 5) is 25.8. The van der Waals surface area contributed by atoms with Gasteiger partial charge in [0, 0.05) is 0 Å².